The molecule has 0 saturated carbocycles. The number of benzene rings is 1. The summed E-state index contributed by atoms with van der Waals surface area (Å²) in [4.78, 5) is 27.4. The number of rotatable bonds is 4. The molecule has 2 rings (SSSR count). The number of para-hydroxylation sites is 1. The molecule has 2 aromatic rings. The number of amides is 1. The third-order valence-electron chi connectivity index (χ3n) is 3.04. The fourth-order valence-corrected chi connectivity index (χ4v) is 2.01. The van der Waals surface area contributed by atoms with Crippen molar-refractivity contribution in [1.82, 2.24) is 4.98 Å². The molecule has 1 N–H and O–H groups in total. The van der Waals surface area contributed by atoms with Crippen LogP contribution in [0.1, 0.15) is 21.5 Å². The highest BCUT2D eigenvalue weighted by Crippen LogP contribution is 2.19. The van der Waals surface area contributed by atoms with Gasteiger partial charge in [0, 0.05) is 11.9 Å². The first-order chi connectivity index (χ1) is 10.5. The van der Waals surface area contributed by atoms with Gasteiger partial charge in [0.05, 0.1) is 5.56 Å². The second-order valence-electron chi connectivity index (χ2n) is 4.76. The highest BCUT2D eigenvalue weighted by atomic mass is 35.5. The zero-order chi connectivity index (χ0) is 16.1. The average Bonchev–Trinajstić information content (AvgIpc) is 2.49. The molecule has 1 aromatic heterocycles. The lowest BCUT2D eigenvalue weighted by molar-refractivity contribution is -0.119. The lowest BCUT2D eigenvalue weighted by atomic mass is 10.1. The molecular weight excluding hydrogens is 304 g/mol. The van der Waals surface area contributed by atoms with E-state index in [1.807, 2.05) is 32.0 Å². The molecule has 0 aliphatic rings. The zero-order valence-corrected chi connectivity index (χ0v) is 13.0. The Labute approximate surface area is 133 Å². The number of nitrogens with one attached hydrogen (secondary N) is 1. The van der Waals surface area contributed by atoms with Gasteiger partial charge in [0.15, 0.2) is 6.61 Å². The van der Waals surface area contributed by atoms with Gasteiger partial charge in [-0.3, -0.25) is 4.79 Å². The molecule has 1 aromatic carbocycles. The van der Waals surface area contributed by atoms with Crippen LogP contribution in [0.15, 0.2) is 36.5 Å². The standard InChI is InChI=1S/C16H15ClN2O3/c1-10-4-3-5-11(2)15(10)19-14(20)9-22-16(21)12-6-7-13(17)18-8-12/h3-8H,9H2,1-2H3,(H,19,20). The summed E-state index contributed by atoms with van der Waals surface area (Å²) in [5, 5.41) is 3.02. The number of aromatic nitrogens is 1. The Morgan fingerprint density at radius 1 is 1.18 bits per heavy atom. The Bertz CT molecular complexity index is 679. The molecule has 1 amide bonds. The van der Waals surface area contributed by atoms with E-state index in [9.17, 15) is 9.59 Å². The van der Waals surface area contributed by atoms with Crippen molar-refractivity contribution in [3.05, 3.63) is 58.4 Å². The molecule has 114 valence electrons. The summed E-state index contributed by atoms with van der Waals surface area (Å²) in [5.74, 6) is -1.02. The lowest BCUT2D eigenvalue weighted by Crippen LogP contribution is -2.21. The van der Waals surface area contributed by atoms with Crippen molar-refractivity contribution in [2.24, 2.45) is 0 Å². The number of hydrogen-bond acceptors (Lipinski definition) is 4. The number of aryl methyl sites for hydroxylation is 2. The fraction of sp³-hybridized carbons (Fsp3) is 0.188. The molecule has 0 radical (unpaired) electrons. The van der Waals surface area contributed by atoms with Crippen molar-refractivity contribution in [3.63, 3.8) is 0 Å². The third kappa shape index (κ3) is 4.05. The molecule has 0 spiro atoms. The summed E-state index contributed by atoms with van der Waals surface area (Å²) < 4.78 is 4.95. The van der Waals surface area contributed by atoms with E-state index in [0.29, 0.717) is 0 Å². The highest BCUT2D eigenvalue weighted by molar-refractivity contribution is 6.29. The van der Waals surface area contributed by atoms with Gasteiger partial charge in [0.1, 0.15) is 5.15 Å². The van der Waals surface area contributed by atoms with Crippen molar-refractivity contribution in [3.8, 4) is 0 Å². The predicted molar refractivity (Wildman–Crippen MR) is 84.1 cm³/mol. The maximum atomic E-state index is 11.9. The van der Waals surface area contributed by atoms with Crippen molar-refractivity contribution >= 4 is 29.2 Å². The molecule has 6 heteroatoms. The lowest BCUT2D eigenvalue weighted by Gasteiger charge is -2.11. The van der Waals surface area contributed by atoms with Gasteiger partial charge in [0.25, 0.3) is 5.91 Å². The molecule has 22 heavy (non-hydrogen) atoms. The average molecular weight is 319 g/mol. The van der Waals surface area contributed by atoms with Gasteiger partial charge in [-0.05, 0) is 37.1 Å². The SMILES string of the molecule is Cc1cccc(C)c1NC(=O)COC(=O)c1ccc(Cl)nc1. The number of carbonyl (C=O) groups is 2. The first-order valence-corrected chi connectivity index (χ1v) is 7.00. The van der Waals surface area contributed by atoms with E-state index in [2.05, 4.69) is 10.3 Å². The van der Waals surface area contributed by atoms with Crippen molar-refractivity contribution in [2.75, 3.05) is 11.9 Å². The summed E-state index contributed by atoms with van der Waals surface area (Å²) in [6, 6.07) is 8.67. The molecule has 0 unspecified atom stereocenters. The molecule has 5 nitrogen and oxygen atoms in total. The maximum absolute atomic E-state index is 11.9. The van der Waals surface area contributed by atoms with Gasteiger partial charge in [-0.2, -0.15) is 0 Å². The summed E-state index contributed by atoms with van der Waals surface area (Å²) in [6.45, 7) is 3.43. The van der Waals surface area contributed by atoms with E-state index >= 15 is 0 Å². The minimum atomic E-state index is -0.624. The maximum Gasteiger partial charge on any atom is 0.340 e. The van der Waals surface area contributed by atoms with Gasteiger partial charge in [-0.25, -0.2) is 9.78 Å². The second-order valence-corrected chi connectivity index (χ2v) is 5.15. The Morgan fingerprint density at radius 3 is 2.45 bits per heavy atom. The number of hydrogen-bond donors (Lipinski definition) is 1. The van der Waals surface area contributed by atoms with E-state index in [-0.39, 0.29) is 17.3 Å². The van der Waals surface area contributed by atoms with Crippen molar-refractivity contribution < 1.29 is 14.3 Å². The first kappa shape index (κ1) is 16.0. The summed E-state index contributed by atoms with van der Waals surface area (Å²) in [5.41, 5.74) is 2.86. The van der Waals surface area contributed by atoms with Crippen LogP contribution in [0.5, 0.6) is 0 Å². The fourth-order valence-electron chi connectivity index (χ4n) is 1.90. The third-order valence-corrected chi connectivity index (χ3v) is 3.27. The molecular formula is C16H15ClN2O3. The van der Waals surface area contributed by atoms with Crippen molar-refractivity contribution in [2.45, 2.75) is 13.8 Å². The van der Waals surface area contributed by atoms with Crippen LogP contribution in [0, 0.1) is 13.8 Å². The van der Waals surface area contributed by atoms with Gasteiger partial charge < -0.3 is 10.1 Å². The van der Waals surface area contributed by atoms with Crippen LogP contribution in [0.2, 0.25) is 5.15 Å². The van der Waals surface area contributed by atoms with Gasteiger partial charge in [0.2, 0.25) is 0 Å². The van der Waals surface area contributed by atoms with Crippen molar-refractivity contribution in [1.29, 1.82) is 0 Å². The monoisotopic (exact) mass is 318 g/mol. The number of nitrogens with zero attached hydrogens (tertiary/aromatic N) is 1. The summed E-state index contributed by atoms with van der Waals surface area (Å²) in [6.07, 6.45) is 1.30. The van der Waals surface area contributed by atoms with Gasteiger partial charge in [-0.1, -0.05) is 29.8 Å². The molecule has 0 bridgehead atoms. The van der Waals surface area contributed by atoms with Crippen LogP contribution in [-0.4, -0.2) is 23.5 Å². The number of pyridine rings is 1. The van der Waals surface area contributed by atoms with Crippen LogP contribution >= 0.6 is 11.6 Å². The number of carbonyl (C=O) groups excluding carboxylic acids is 2. The normalized spacial score (nSPS) is 10.1. The number of anilines is 1. The Kier molecular flexibility index (Phi) is 5.12. The predicted octanol–water partition coefficient (Wildman–Crippen LogP) is 3.15. The molecule has 0 atom stereocenters. The largest absolute Gasteiger partial charge is 0.452 e. The minimum Gasteiger partial charge on any atom is -0.452 e. The first-order valence-electron chi connectivity index (χ1n) is 6.62. The minimum absolute atomic E-state index is 0.240. The van der Waals surface area contributed by atoms with Gasteiger partial charge in [-0.15, -0.1) is 0 Å². The number of ether oxygens (including phenoxy) is 1. The number of halogens is 1. The Hall–Kier alpha value is -2.40. The molecule has 0 aliphatic carbocycles. The van der Waals surface area contributed by atoms with Crippen LogP contribution < -0.4 is 5.32 Å². The van der Waals surface area contributed by atoms with Crippen LogP contribution in [-0.2, 0) is 9.53 Å². The second kappa shape index (κ2) is 7.04. The van der Waals surface area contributed by atoms with Crippen LogP contribution in [0.4, 0.5) is 5.69 Å². The quantitative estimate of drug-likeness (QED) is 0.694. The van der Waals surface area contributed by atoms with E-state index in [4.69, 9.17) is 16.3 Å². The number of esters is 1. The summed E-state index contributed by atoms with van der Waals surface area (Å²) in [7, 11) is 0. The zero-order valence-electron chi connectivity index (χ0n) is 12.2. The smallest absolute Gasteiger partial charge is 0.340 e. The van der Waals surface area contributed by atoms with E-state index in [0.717, 1.165) is 16.8 Å². The Morgan fingerprint density at radius 2 is 1.86 bits per heavy atom. The van der Waals surface area contributed by atoms with Crippen LogP contribution in [0.25, 0.3) is 0 Å². The summed E-state index contributed by atoms with van der Waals surface area (Å²) >= 11 is 5.64. The van der Waals surface area contributed by atoms with E-state index < -0.39 is 11.9 Å². The Balaban J connectivity index is 1.93. The molecule has 0 saturated heterocycles. The van der Waals surface area contributed by atoms with E-state index in [1.165, 1.54) is 18.3 Å². The van der Waals surface area contributed by atoms with Gasteiger partial charge >= 0.3 is 5.97 Å². The molecule has 1 heterocycles. The molecule has 0 fully saturated rings. The molecule has 0 aliphatic heterocycles. The van der Waals surface area contributed by atoms with E-state index in [1.54, 1.807) is 0 Å². The highest BCUT2D eigenvalue weighted by Gasteiger charge is 2.12. The van der Waals surface area contributed by atoms with Crippen LogP contribution in [0.3, 0.4) is 0 Å². The topological polar surface area (TPSA) is 68.3 Å².